The SMILES string of the molecule is COc1ccc(C2c3sc(=O)[nH]c3SC3C4CC(C5C(=O)N(CCC(=O)[O-])C(=O)C45)C23)cc1. The van der Waals surface area contributed by atoms with Crippen LogP contribution < -0.4 is 14.7 Å². The van der Waals surface area contributed by atoms with E-state index in [-0.39, 0.29) is 58.6 Å². The minimum atomic E-state index is -1.27. The highest BCUT2D eigenvalue weighted by atomic mass is 32.2. The van der Waals surface area contributed by atoms with Crippen molar-refractivity contribution in [2.45, 2.75) is 29.0 Å². The number of nitrogens with zero attached hydrogens (tertiary/aromatic N) is 1. The molecule has 8 nitrogen and oxygen atoms in total. The molecule has 2 aromatic rings. The Labute approximate surface area is 197 Å². The molecule has 2 aliphatic carbocycles. The van der Waals surface area contributed by atoms with Gasteiger partial charge in [0.2, 0.25) is 11.8 Å². The van der Waals surface area contributed by atoms with E-state index in [9.17, 15) is 24.3 Å². The van der Waals surface area contributed by atoms with Crippen LogP contribution in [0.5, 0.6) is 5.75 Å². The van der Waals surface area contributed by atoms with Gasteiger partial charge in [0.25, 0.3) is 0 Å². The zero-order chi connectivity index (χ0) is 23.0. The number of thioether (sulfide) groups is 1. The molecule has 4 aliphatic rings. The van der Waals surface area contributed by atoms with E-state index in [0.717, 1.165) is 32.5 Å². The highest BCUT2D eigenvalue weighted by molar-refractivity contribution is 8.00. The number of aliphatic carboxylic acids is 1. The standard InChI is InChI=1S/C23H22N2O6S2/c1-31-10-4-2-9(3-5-10)14-15-11-8-12(18(15)32-20-19(14)33-23(30)24-20)17-16(11)21(28)25(22(17)29)7-6-13(26)27/h2-5,11-12,14-18H,6-8H2,1H3,(H,24,30)(H,26,27)/p-1. The molecule has 2 aliphatic heterocycles. The number of aromatic nitrogens is 1. The number of fused-ring (bicyclic) bond motifs is 9. The van der Waals surface area contributed by atoms with Gasteiger partial charge in [0, 0.05) is 35.0 Å². The van der Waals surface area contributed by atoms with Gasteiger partial charge < -0.3 is 19.6 Å². The lowest BCUT2D eigenvalue weighted by Crippen LogP contribution is -2.42. The number of nitrogens with one attached hydrogen (secondary N) is 1. The van der Waals surface area contributed by atoms with Gasteiger partial charge in [-0.15, -0.1) is 11.8 Å². The fourth-order valence-corrected chi connectivity index (χ4v) is 9.58. The number of rotatable bonds is 5. The van der Waals surface area contributed by atoms with Crippen LogP contribution in [0, 0.1) is 29.6 Å². The summed E-state index contributed by atoms with van der Waals surface area (Å²) in [4.78, 5) is 54.6. The molecule has 7 unspecified atom stereocenters. The van der Waals surface area contributed by atoms with Gasteiger partial charge in [0.05, 0.1) is 24.0 Å². The van der Waals surface area contributed by atoms with Gasteiger partial charge in [-0.3, -0.25) is 19.3 Å². The Hall–Kier alpha value is -2.59. The molecule has 33 heavy (non-hydrogen) atoms. The molecule has 2 amide bonds. The van der Waals surface area contributed by atoms with E-state index < -0.39 is 17.8 Å². The molecule has 0 radical (unpaired) electrons. The van der Waals surface area contributed by atoms with Crippen LogP contribution in [0.4, 0.5) is 0 Å². The summed E-state index contributed by atoms with van der Waals surface area (Å²) in [5.74, 6) is -1.72. The summed E-state index contributed by atoms with van der Waals surface area (Å²) in [6.07, 6.45) is 0.455. The normalized spacial score (nSPS) is 33.7. The first kappa shape index (κ1) is 21.0. The molecule has 1 N–H and O–H groups in total. The van der Waals surface area contributed by atoms with Crippen LogP contribution in [-0.2, 0) is 14.4 Å². The van der Waals surface area contributed by atoms with E-state index in [1.165, 1.54) is 11.3 Å². The Kier molecular flexibility index (Phi) is 4.74. The average molecular weight is 486 g/mol. The van der Waals surface area contributed by atoms with Crippen molar-refractivity contribution in [3.8, 4) is 5.75 Å². The van der Waals surface area contributed by atoms with Gasteiger partial charge in [-0.1, -0.05) is 23.5 Å². The van der Waals surface area contributed by atoms with Gasteiger partial charge in [-0.2, -0.15) is 0 Å². The lowest BCUT2D eigenvalue weighted by atomic mass is 9.68. The van der Waals surface area contributed by atoms with Crippen molar-refractivity contribution in [1.82, 2.24) is 9.88 Å². The number of aromatic amines is 1. The summed E-state index contributed by atoms with van der Waals surface area (Å²) >= 11 is 2.85. The Morgan fingerprint density at radius 3 is 2.52 bits per heavy atom. The number of thiazole rings is 1. The zero-order valence-electron chi connectivity index (χ0n) is 17.7. The van der Waals surface area contributed by atoms with Gasteiger partial charge in [-0.05, 0) is 41.9 Å². The average Bonchev–Trinajstić information content (AvgIpc) is 3.52. The van der Waals surface area contributed by atoms with E-state index in [2.05, 4.69) is 4.98 Å². The third-order valence-corrected chi connectivity index (χ3v) is 10.4. The Balaban J connectivity index is 1.40. The van der Waals surface area contributed by atoms with Crippen LogP contribution in [0.3, 0.4) is 0 Å². The van der Waals surface area contributed by atoms with Crippen LogP contribution in [-0.4, -0.2) is 46.6 Å². The first-order valence-electron chi connectivity index (χ1n) is 11.0. The molecule has 2 saturated carbocycles. The molecule has 7 atom stereocenters. The minimum Gasteiger partial charge on any atom is -0.550 e. The smallest absolute Gasteiger partial charge is 0.305 e. The van der Waals surface area contributed by atoms with Gasteiger partial charge in [-0.25, -0.2) is 0 Å². The molecule has 1 aromatic carbocycles. The van der Waals surface area contributed by atoms with E-state index >= 15 is 0 Å². The van der Waals surface area contributed by atoms with Crippen molar-refractivity contribution in [2.75, 3.05) is 13.7 Å². The number of carboxylic acids is 1. The second-order valence-electron chi connectivity index (χ2n) is 9.18. The number of methoxy groups -OCH3 is 1. The molecular formula is C23H21N2O6S2-. The number of hydrogen-bond donors (Lipinski definition) is 1. The Bertz CT molecular complexity index is 1220. The van der Waals surface area contributed by atoms with Crippen molar-refractivity contribution in [3.05, 3.63) is 44.4 Å². The van der Waals surface area contributed by atoms with Crippen LogP contribution in [0.2, 0.25) is 0 Å². The van der Waals surface area contributed by atoms with Crippen molar-refractivity contribution >= 4 is 40.9 Å². The van der Waals surface area contributed by atoms with E-state index in [4.69, 9.17) is 4.74 Å². The van der Waals surface area contributed by atoms with E-state index in [1.54, 1.807) is 18.9 Å². The number of carboxylic acid groups (broad SMARTS) is 1. The number of hydrogen-bond acceptors (Lipinski definition) is 8. The number of amides is 2. The predicted molar refractivity (Wildman–Crippen MR) is 118 cm³/mol. The van der Waals surface area contributed by atoms with Crippen LogP contribution in [0.1, 0.15) is 29.2 Å². The molecule has 172 valence electrons. The molecule has 10 heteroatoms. The molecule has 3 heterocycles. The number of ether oxygens (including phenoxy) is 1. The zero-order valence-corrected chi connectivity index (χ0v) is 19.3. The van der Waals surface area contributed by atoms with Gasteiger partial charge in [0.1, 0.15) is 5.75 Å². The summed E-state index contributed by atoms with van der Waals surface area (Å²) in [6, 6.07) is 7.84. The fourth-order valence-electron chi connectivity index (χ4n) is 6.69. The Morgan fingerprint density at radius 2 is 1.85 bits per heavy atom. The lowest BCUT2D eigenvalue weighted by Gasteiger charge is -2.43. The highest BCUT2D eigenvalue weighted by Crippen LogP contribution is 2.68. The maximum atomic E-state index is 13.3. The Morgan fingerprint density at radius 1 is 1.15 bits per heavy atom. The molecule has 6 rings (SSSR count). The summed E-state index contributed by atoms with van der Waals surface area (Å²) in [5, 5.41) is 11.9. The fraction of sp³-hybridized carbons (Fsp3) is 0.478. The number of carbonyl (C=O) groups excluding carboxylic acids is 3. The largest absolute Gasteiger partial charge is 0.550 e. The second kappa shape index (κ2) is 7.46. The molecule has 1 saturated heterocycles. The lowest BCUT2D eigenvalue weighted by molar-refractivity contribution is -0.305. The third-order valence-electron chi connectivity index (χ3n) is 7.83. The van der Waals surface area contributed by atoms with E-state index in [0.29, 0.717) is 0 Å². The van der Waals surface area contributed by atoms with Crippen molar-refractivity contribution in [1.29, 1.82) is 0 Å². The van der Waals surface area contributed by atoms with Crippen LogP contribution in [0.15, 0.2) is 34.1 Å². The topological polar surface area (TPSA) is 120 Å². The summed E-state index contributed by atoms with van der Waals surface area (Å²) < 4.78 is 5.31. The maximum absolute atomic E-state index is 13.3. The quantitative estimate of drug-likeness (QED) is 0.629. The molecule has 0 spiro atoms. The molecular weight excluding hydrogens is 464 g/mol. The number of benzene rings is 1. The first-order valence-corrected chi connectivity index (χ1v) is 12.7. The summed E-state index contributed by atoms with van der Waals surface area (Å²) in [6.45, 7) is -0.127. The second-order valence-corrected chi connectivity index (χ2v) is 11.4. The van der Waals surface area contributed by atoms with Crippen molar-refractivity contribution < 1.29 is 24.2 Å². The van der Waals surface area contributed by atoms with Crippen LogP contribution >= 0.6 is 23.1 Å². The van der Waals surface area contributed by atoms with Gasteiger partial charge >= 0.3 is 4.87 Å². The summed E-state index contributed by atoms with van der Waals surface area (Å²) in [5.41, 5.74) is 1.07. The number of H-pyrrole nitrogens is 1. The predicted octanol–water partition coefficient (Wildman–Crippen LogP) is 1.06. The highest BCUT2D eigenvalue weighted by Gasteiger charge is 2.69. The summed E-state index contributed by atoms with van der Waals surface area (Å²) in [7, 11) is 1.61. The number of imide groups is 1. The molecule has 1 aromatic heterocycles. The maximum Gasteiger partial charge on any atom is 0.305 e. The molecule has 2 bridgehead atoms. The van der Waals surface area contributed by atoms with Crippen LogP contribution in [0.25, 0.3) is 0 Å². The van der Waals surface area contributed by atoms with Crippen molar-refractivity contribution in [3.63, 3.8) is 0 Å². The first-order chi connectivity index (χ1) is 15.9. The third kappa shape index (κ3) is 2.96. The monoisotopic (exact) mass is 485 g/mol. The number of likely N-dealkylation sites (tertiary alicyclic amines) is 1. The van der Waals surface area contributed by atoms with Gasteiger partial charge in [0.15, 0.2) is 0 Å². The van der Waals surface area contributed by atoms with E-state index in [1.807, 2.05) is 24.3 Å². The molecule has 3 fully saturated rings. The minimum absolute atomic E-state index is 0.0133. The van der Waals surface area contributed by atoms with Crippen molar-refractivity contribution in [2.24, 2.45) is 29.6 Å². The number of carbonyl (C=O) groups is 3.